The molecule has 0 saturated carbocycles. The van der Waals surface area contributed by atoms with Crippen LogP contribution in [0.2, 0.25) is 0 Å². The van der Waals surface area contributed by atoms with Crippen molar-refractivity contribution in [2.24, 2.45) is 10.2 Å². The maximum atomic E-state index is 12.2. The van der Waals surface area contributed by atoms with Gasteiger partial charge in [-0.3, -0.25) is 4.79 Å². The van der Waals surface area contributed by atoms with Gasteiger partial charge in [-0.2, -0.15) is 0 Å². The van der Waals surface area contributed by atoms with Crippen LogP contribution in [0.5, 0.6) is 11.5 Å². The zero-order chi connectivity index (χ0) is 17.1. The second-order valence-corrected chi connectivity index (χ2v) is 5.01. The minimum Gasteiger partial charge on any atom is -0.493 e. The first-order valence-electron chi connectivity index (χ1n) is 7.18. The van der Waals surface area contributed by atoms with Crippen LogP contribution in [-0.4, -0.2) is 25.1 Å². The van der Waals surface area contributed by atoms with Gasteiger partial charge in [0.25, 0.3) is 5.91 Å². The SMILES string of the molecule is COc1ccc(C(=O)N=Nc2[nH]c(N)c3ccccc23)cc1OC. The fourth-order valence-corrected chi connectivity index (χ4v) is 2.39. The first-order chi connectivity index (χ1) is 11.6. The number of nitrogens with one attached hydrogen (secondary N) is 1. The highest BCUT2D eigenvalue weighted by molar-refractivity contribution is 6.00. The van der Waals surface area contributed by atoms with E-state index < -0.39 is 5.91 Å². The Hall–Kier alpha value is -3.35. The summed E-state index contributed by atoms with van der Waals surface area (Å²) in [7, 11) is 3.03. The standard InChI is InChI=1S/C17H16N4O3/c1-23-13-8-7-10(9-14(13)24-2)17(22)21-20-16-12-6-4-3-5-11(12)15(18)19-16/h3-9,19H,18H2,1-2H3. The number of anilines is 1. The molecule has 0 radical (unpaired) electrons. The van der Waals surface area contributed by atoms with Crippen molar-refractivity contribution in [2.75, 3.05) is 20.0 Å². The number of rotatable bonds is 4. The Balaban J connectivity index is 1.90. The molecule has 0 aliphatic carbocycles. The maximum absolute atomic E-state index is 12.2. The summed E-state index contributed by atoms with van der Waals surface area (Å²) >= 11 is 0. The van der Waals surface area contributed by atoms with Crippen molar-refractivity contribution in [1.82, 2.24) is 4.98 Å². The van der Waals surface area contributed by atoms with Crippen LogP contribution in [0, 0.1) is 0 Å². The highest BCUT2D eigenvalue weighted by Gasteiger charge is 2.11. The number of amides is 1. The predicted molar refractivity (Wildman–Crippen MR) is 91.1 cm³/mol. The van der Waals surface area contributed by atoms with E-state index in [2.05, 4.69) is 15.2 Å². The van der Waals surface area contributed by atoms with E-state index >= 15 is 0 Å². The van der Waals surface area contributed by atoms with Crippen LogP contribution in [0.3, 0.4) is 0 Å². The Labute approximate surface area is 138 Å². The molecule has 0 bridgehead atoms. The van der Waals surface area contributed by atoms with E-state index in [-0.39, 0.29) is 0 Å². The fourth-order valence-electron chi connectivity index (χ4n) is 2.39. The van der Waals surface area contributed by atoms with Gasteiger partial charge in [-0.1, -0.05) is 24.3 Å². The number of nitrogens with zero attached hydrogens (tertiary/aromatic N) is 2. The minimum atomic E-state index is -0.492. The molecule has 1 heterocycles. The summed E-state index contributed by atoms with van der Waals surface area (Å²) in [6.45, 7) is 0. The van der Waals surface area contributed by atoms with Crippen LogP contribution in [0.15, 0.2) is 52.7 Å². The summed E-state index contributed by atoms with van der Waals surface area (Å²) in [5.74, 6) is 1.42. The average molecular weight is 324 g/mol. The van der Waals surface area contributed by atoms with Gasteiger partial charge in [0.05, 0.1) is 14.2 Å². The molecule has 0 atom stereocenters. The van der Waals surface area contributed by atoms with Gasteiger partial charge in [-0.25, -0.2) is 0 Å². The lowest BCUT2D eigenvalue weighted by atomic mass is 10.2. The topological polar surface area (TPSA) is 102 Å². The number of nitrogen functional groups attached to an aromatic ring is 1. The van der Waals surface area contributed by atoms with Crippen LogP contribution in [-0.2, 0) is 0 Å². The third-order valence-corrected chi connectivity index (χ3v) is 3.60. The van der Waals surface area contributed by atoms with E-state index in [9.17, 15) is 4.79 Å². The van der Waals surface area contributed by atoms with Crippen LogP contribution in [0.4, 0.5) is 11.6 Å². The van der Waals surface area contributed by atoms with Crippen molar-refractivity contribution >= 4 is 28.3 Å². The van der Waals surface area contributed by atoms with Crippen molar-refractivity contribution in [3.8, 4) is 11.5 Å². The summed E-state index contributed by atoms with van der Waals surface area (Å²) in [6.07, 6.45) is 0. The molecule has 1 aromatic heterocycles. The Kier molecular flexibility index (Phi) is 4.15. The number of methoxy groups -OCH3 is 2. The number of carbonyl (C=O) groups excluding carboxylic acids is 1. The third kappa shape index (κ3) is 2.79. The molecular formula is C17H16N4O3. The van der Waals surface area contributed by atoms with Gasteiger partial charge >= 0.3 is 0 Å². The number of azo groups is 1. The third-order valence-electron chi connectivity index (χ3n) is 3.60. The monoisotopic (exact) mass is 324 g/mol. The lowest BCUT2D eigenvalue weighted by Gasteiger charge is -2.07. The molecule has 3 aromatic rings. The maximum Gasteiger partial charge on any atom is 0.295 e. The highest BCUT2D eigenvalue weighted by Crippen LogP contribution is 2.31. The lowest BCUT2D eigenvalue weighted by Crippen LogP contribution is -1.97. The summed E-state index contributed by atoms with van der Waals surface area (Å²) in [5, 5.41) is 9.40. The quantitative estimate of drug-likeness (QED) is 0.714. The molecule has 0 fully saturated rings. The summed E-state index contributed by atoms with van der Waals surface area (Å²) in [6, 6.07) is 12.3. The van der Waals surface area contributed by atoms with Gasteiger partial charge in [0.15, 0.2) is 17.3 Å². The summed E-state index contributed by atoms with van der Waals surface area (Å²) in [4.78, 5) is 15.1. The second kappa shape index (κ2) is 6.41. The number of fused-ring (bicyclic) bond motifs is 1. The average Bonchev–Trinajstić information content (AvgIpc) is 2.95. The molecule has 122 valence electrons. The Morgan fingerprint density at radius 2 is 1.75 bits per heavy atom. The molecule has 7 nitrogen and oxygen atoms in total. The molecule has 0 aliphatic rings. The zero-order valence-corrected chi connectivity index (χ0v) is 13.2. The van der Waals surface area contributed by atoms with Gasteiger partial charge in [0, 0.05) is 16.3 Å². The predicted octanol–water partition coefficient (Wildman–Crippen LogP) is 3.69. The van der Waals surface area contributed by atoms with Crippen molar-refractivity contribution in [1.29, 1.82) is 0 Å². The first kappa shape index (κ1) is 15.5. The van der Waals surface area contributed by atoms with Crippen LogP contribution >= 0.6 is 0 Å². The van der Waals surface area contributed by atoms with Crippen molar-refractivity contribution < 1.29 is 14.3 Å². The van der Waals surface area contributed by atoms with Crippen LogP contribution < -0.4 is 15.2 Å². The lowest BCUT2D eigenvalue weighted by molar-refractivity contribution is 0.0994. The second-order valence-electron chi connectivity index (χ2n) is 5.01. The molecule has 3 rings (SSSR count). The van der Waals surface area contributed by atoms with Crippen molar-refractivity contribution in [2.45, 2.75) is 0 Å². The number of hydrogen-bond donors (Lipinski definition) is 2. The number of nitrogens with two attached hydrogens (primary N) is 1. The number of hydrogen-bond acceptors (Lipinski definition) is 5. The Morgan fingerprint density at radius 1 is 1.04 bits per heavy atom. The first-order valence-corrected chi connectivity index (χ1v) is 7.18. The zero-order valence-electron chi connectivity index (χ0n) is 13.2. The van der Waals surface area contributed by atoms with Gasteiger partial charge in [-0.05, 0) is 18.2 Å². The van der Waals surface area contributed by atoms with Gasteiger partial charge in [-0.15, -0.1) is 10.2 Å². The van der Waals surface area contributed by atoms with E-state index in [0.717, 1.165) is 10.8 Å². The molecule has 3 N–H and O–H groups in total. The van der Waals surface area contributed by atoms with E-state index in [4.69, 9.17) is 15.2 Å². The molecule has 0 saturated heterocycles. The van der Waals surface area contributed by atoms with Crippen molar-refractivity contribution in [3.63, 3.8) is 0 Å². The number of benzene rings is 2. The number of carbonyl (C=O) groups is 1. The number of aromatic amines is 1. The molecule has 0 aliphatic heterocycles. The van der Waals surface area contributed by atoms with E-state index in [1.54, 1.807) is 18.2 Å². The van der Waals surface area contributed by atoms with Gasteiger partial charge in [0.1, 0.15) is 5.82 Å². The highest BCUT2D eigenvalue weighted by atomic mass is 16.5. The number of aromatic nitrogens is 1. The van der Waals surface area contributed by atoms with Gasteiger partial charge < -0.3 is 20.2 Å². The smallest absolute Gasteiger partial charge is 0.295 e. The molecular weight excluding hydrogens is 308 g/mol. The molecule has 0 spiro atoms. The van der Waals surface area contributed by atoms with Crippen LogP contribution in [0.25, 0.3) is 10.8 Å². The molecule has 7 heteroatoms. The van der Waals surface area contributed by atoms with Gasteiger partial charge in [0.2, 0.25) is 0 Å². The van der Waals surface area contributed by atoms with E-state index in [1.807, 2.05) is 24.3 Å². The largest absolute Gasteiger partial charge is 0.493 e. The summed E-state index contributed by atoms with van der Waals surface area (Å²) in [5.41, 5.74) is 6.24. The normalized spacial score (nSPS) is 11.1. The van der Waals surface area contributed by atoms with Crippen LogP contribution in [0.1, 0.15) is 10.4 Å². The molecule has 24 heavy (non-hydrogen) atoms. The fraction of sp³-hybridized carbons (Fsp3) is 0.118. The Bertz CT molecular complexity index is 931. The van der Waals surface area contributed by atoms with Crippen molar-refractivity contribution in [3.05, 3.63) is 48.0 Å². The van der Waals surface area contributed by atoms with E-state index in [1.165, 1.54) is 14.2 Å². The van der Waals surface area contributed by atoms with E-state index in [0.29, 0.717) is 28.7 Å². The number of ether oxygens (including phenoxy) is 2. The molecule has 0 unspecified atom stereocenters. The molecule has 1 amide bonds. The Morgan fingerprint density at radius 3 is 2.46 bits per heavy atom. The number of H-pyrrole nitrogens is 1. The molecule has 2 aromatic carbocycles. The minimum absolute atomic E-state index is 0.347. The summed E-state index contributed by atoms with van der Waals surface area (Å²) < 4.78 is 10.3.